The maximum atomic E-state index is 5.57. The van der Waals surface area contributed by atoms with Gasteiger partial charge in [0.25, 0.3) is 0 Å². The zero-order chi connectivity index (χ0) is 5.98. The van der Waals surface area contributed by atoms with Crippen molar-refractivity contribution in [2.75, 3.05) is 0 Å². The number of rotatable bonds is 0. The lowest BCUT2D eigenvalue weighted by molar-refractivity contribution is 1.28. The Bertz CT molecular complexity index is 175. The molecule has 50 valence electrons. The Hall–Kier alpha value is 0.210. The molecule has 0 saturated heterocycles. The molecule has 0 spiro atoms. The third-order valence-corrected chi connectivity index (χ3v) is 1.36. The van der Waals surface area contributed by atoms with Crippen molar-refractivity contribution in [2.45, 2.75) is 0 Å². The minimum absolute atomic E-state index is 0. The van der Waals surface area contributed by atoms with E-state index in [9.17, 15) is 0 Å². The van der Waals surface area contributed by atoms with Crippen LogP contribution in [0.4, 0.5) is 0 Å². The molecule has 1 aromatic heterocycles. The number of aromatic nitrogens is 1. The van der Waals surface area contributed by atoms with E-state index in [0.717, 1.165) is 4.60 Å². The van der Waals surface area contributed by atoms with E-state index in [1.54, 1.807) is 18.3 Å². The quantitative estimate of drug-likeness (QED) is 0.623. The normalized spacial score (nSPS) is 8.22. The highest BCUT2D eigenvalue weighted by atomic mass is 79.9. The first-order valence-corrected chi connectivity index (χ1v) is 3.23. The first-order valence-electron chi connectivity index (χ1n) is 2.06. The summed E-state index contributed by atoms with van der Waals surface area (Å²) in [6, 6.07) is 3.47. The van der Waals surface area contributed by atoms with E-state index >= 15 is 0 Å². The van der Waals surface area contributed by atoms with Crippen LogP contribution in [0.5, 0.6) is 0 Å². The van der Waals surface area contributed by atoms with Gasteiger partial charge in [-0.1, -0.05) is 11.6 Å². The number of nitrogens with zero attached hydrogens (tertiary/aromatic N) is 1. The van der Waals surface area contributed by atoms with Crippen LogP contribution in [0.25, 0.3) is 0 Å². The van der Waals surface area contributed by atoms with Crippen LogP contribution in [-0.2, 0) is 0 Å². The van der Waals surface area contributed by atoms with Gasteiger partial charge in [-0.15, -0.1) is 12.4 Å². The van der Waals surface area contributed by atoms with Gasteiger partial charge >= 0.3 is 0 Å². The minimum Gasteiger partial charge on any atom is -0.249 e. The Balaban J connectivity index is 0.000000640. The van der Waals surface area contributed by atoms with E-state index in [4.69, 9.17) is 11.6 Å². The molecule has 0 radical (unpaired) electrons. The fourth-order valence-corrected chi connectivity index (χ4v) is 1.04. The van der Waals surface area contributed by atoms with Crippen molar-refractivity contribution < 1.29 is 0 Å². The monoisotopic (exact) mass is 227 g/mol. The van der Waals surface area contributed by atoms with Crippen LogP contribution in [0.1, 0.15) is 0 Å². The van der Waals surface area contributed by atoms with Crippen molar-refractivity contribution >= 4 is 39.9 Å². The molecule has 0 aromatic carbocycles. The molecular weight excluding hydrogens is 225 g/mol. The lowest BCUT2D eigenvalue weighted by Gasteiger charge is -1.86. The third kappa shape index (κ3) is 3.04. The maximum Gasteiger partial charge on any atom is 0.107 e. The Morgan fingerprint density at radius 3 is 2.56 bits per heavy atom. The van der Waals surface area contributed by atoms with Gasteiger partial charge in [-0.05, 0) is 28.1 Å². The molecule has 0 aliphatic rings. The van der Waals surface area contributed by atoms with Gasteiger partial charge in [0.15, 0.2) is 0 Å². The highest BCUT2D eigenvalue weighted by Gasteiger charge is 1.85. The van der Waals surface area contributed by atoms with Crippen LogP contribution >= 0.6 is 39.9 Å². The number of pyridine rings is 1. The smallest absolute Gasteiger partial charge is 0.107 e. The van der Waals surface area contributed by atoms with Crippen molar-refractivity contribution in [3.05, 3.63) is 28.0 Å². The van der Waals surface area contributed by atoms with Crippen LogP contribution in [-0.4, -0.2) is 4.98 Å². The predicted octanol–water partition coefficient (Wildman–Crippen LogP) is 2.92. The molecule has 0 N–H and O–H groups in total. The van der Waals surface area contributed by atoms with Crippen LogP contribution in [0.2, 0.25) is 5.02 Å². The predicted molar refractivity (Wildman–Crippen MR) is 44.2 cm³/mol. The molecule has 0 unspecified atom stereocenters. The number of hydrogen-bond donors (Lipinski definition) is 0. The molecule has 0 amide bonds. The molecule has 9 heavy (non-hydrogen) atoms. The standard InChI is InChI=1S/C5H3BrClN.ClH/c6-5-3-4(7)1-2-8-5;/h1-3H;1H. The third-order valence-electron chi connectivity index (χ3n) is 0.689. The summed E-state index contributed by atoms with van der Waals surface area (Å²) in [7, 11) is 0. The molecule has 0 fully saturated rings. The molecule has 0 bridgehead atoms. The first-order chi connectivity index (χ1) is 3.79. The minimum atomic E-state index is 0. The zero-order valence-corrected chi connectivity index (χ0v) is 7.50. The molecule has 0 aliphatic carbocycles. The van der Waals surface area contributed by atoms with Crippen LogP contribution in [0.15, 0.2) is 22.9 Å². The second kappa shape index (κ2) is 4.09. The fraction of sp³-hybridized carbons (Fsp3) is 0. The summed E-state index contributed by atoms with van der Waals surface area (Å²) in [6.07, 6.45) is 1.65. The largest absolute Gasteiger partial charge is 0.249 e. The van der Waals surface area contributed by atoms with Gasteiger partial charge in [0.05, 0.1) is 0 Å². The van der Waals surface area contributed by atoms with E-state index in [1.165, 1.54) is 0 Å². The van der Waals surface area contributed by atoms with Crippen molar-refractivity contribution in [3.8, 4) is 0 Å². The number of hydrogen-bond acceptors (Lipinski definition) is 1. The summed E-state index contributed by atoms with van der Waals surface area (Å²) in [5.74, 6) is 0. The van der Waals surface area contributed by atoms with Crippen LogP contribution in [0.3, 0.4) is 0 Å². The molecule has 0 saturated carbocycles. The number of halogens is 3. The van der Waals surface area contributed by atoms with E-state index in [2.05, 4.69) is 20.9 Å². The topological polar surface area (TPSA) is 12.9 Å². The molecule has 1 rings (SSSR count). The van der Waals surface area contributed by atoms with E-state index in [0.29, 0.717) is 5.02 Å². The van der Waals surface area contributed by atoms with Gasteiger partial charge in [0, 0.05) is 11.2 Å². The second-order valence-corrected chi connectivity index (χ2v) is 2.55. The average molecular weight is 229 g/mol. The molecule has 0 atom stereocenters. The van der Waals surface area contributed by atoms with Crippen molar-refractivity contribution in [1.29, 1.82) is 0 Å². The van der Waals surface area contributed by atoms with Crippen LogP contribution < -0.4 is 0 Å². The molecule has 4 heteroatoms. The second-order valence-electron chi connectivity index (χ2n) is 1.30. The summed E-state index contributed by atoms with van der Waals surface area (Å²) in [5.41, 5.74) is 0. The van der Waals surface area contributed by atoms with Crippen molar-refractivity contribution in [3.63, 3.8) is 0 Å². The van der Waals surface area contributed by atoms with Crippen molar-refractivity contribution in [1.82, 2.24) is 4.98 Å². The van der Waals surface area contributed by atoms with E-state index in [-0.39, 0.29) is 12.4 Å². The molecule has 0 aliphatic heterocycles. The van der Waals surface area contributed by atoms with Gasteiger partial charge in [-0.25, -0.2) is 4.98 Å². The highest BCUT2D eigenvalue weighted by Crippen LogP contribution is 2.11. The van der Waals surface area contributed by atoms with Gasteiger partial charge in [-0.3, -0.25) is 0 Å². The summed E-state index contributed by atoms with van der Waals surface area (Å²) in [4.78, 5) is 3.87. The average Bonchev–Trinajstić information content (AvgIpc) is 1.64. The molecule has 1 heterocycles. The Kier molecular flexibility index (Phi) is 4.19. The fourth-order valence-electron chi connectivity index (χ4n) is 0.379. The Morgan fingerprint density at radius 2 is 2.22 bits per heavy atom. The molecule has 1 aromatic rings. The lowest BCUT2D eigenvalue weighted by atomic mass is 10.5. The van der Waals surface area contributed by atoms with Gasteiger partial charge < -0.3 is 0 Å². The Morgan fingerprint density at radius 1 is 1.56 bits per heavy atom. The van der Waals surface area contributed by atoms with Crippen molar-refractivity contribution in [2.24, 2.45) is 0 Å². The summed E-state index contributed by atoms with van der Waals surface area (Å²) in [5, 5.41) is 0.701. The summed E-state index contributed by atoms with van der Waals surface area (Å²) < 4.78 is 0.769. The molecular formula is C5H4BrCl2N. The summed E-state index contributed by atoms with van der Waals surface area (Å²) in [6.45, 7) is 0. The molecule has 1 nitrogen and oxygen atoms in total. The van der Waals surface area contributed by atoms with Gasteiger partial charge in [0.2, 0.25) is 0 Å². The highest BCUT2D eigenvalue weighted by molar-refractivity contribution is 9.10. The SMILES string of the molecule is Cl.Clc1ccnc(Br)c1. The first kappa shape index (κ1) is 9.21. The van der Waals surface area contributed by atoms with Gasteiger partial charge in [-0.2, -0.15) is 0 Å². The van der Waals surface area contributed by atoms with Gasteiger partial charge in [0.1, 0.15) is 4.60 Å². The maximum absolute atomic E-state index is 5.57. The van der Waals surface area contributed by atoms with E-state index < -0.39 is 0 Å². The summed E-state index contributed by atoms with van der Waals surface area (Å²) >= 11 is 8.74. The zero-order valence-electron chi connectivity index (χ0n) is 4.34. The lowest BCUT2D eigenvalue weighted by Crippen LogP contribution is -1.69. The van der Waals surface area contributed by atoms with Crippen LogP contribution in [0, 0.1) is 0 Å². The Labute approximate surface area is 73.0 Å². The van der Waals surface area contributed by atoms with E-state index in [1.807, 2.05) is 0 Å².